The van der Waals surface area contributed by atoms with E-state index in [2.05, 4.69) is 12.2 Å². The second-order valence-corrected chi connectivity index (χ2v) is 10.3. The fourth-order valence-corrected chi connectivity index (χ4v) is 4.25. The highest BCUT2D eigenvalue weighted by Gasteiger charge is 2.34. The average Bonchev–Trinajstić information content (AvgIpc) is 3.11. The number of aromatic nitrogens is 2. The van der Waals surface area contributed by atoms with Crippen molar-refractivity contribution in [2.75, 3.05) is 66.6 Å². The number of carbonyl (C=O) groups is 2. The molecule has 1 fully saturated rings. The van der Waals surface area contributed by atoms with Crippen molar-refractivity contribution in [1.29, 1.82) is 0 Å². The lowest BCUT2D eigenvalue weighted by Crippen LogP contribution is -2.39. The van der Waals surface area contributed by atoms with E-state index in [0.717, 1.165) is 37.8 Å². The SMILES string of the molecule is CCCCCN(C(=O)OC(C)(C)C)c1nc(NC2CCOCC2)c2c(n1)N(CC(=O)OCC)CN2C. The van der Waals surface area contributed by atoms with E-state index in [4.69, 9.17) is 24.2 Å². The number of fused-ring (bicyclic) bond motifs is 1. The van der Waals surface area contributed by atoms with Gasteiger partial charge in [0.1, 0.15) is 17.8 Å². The number of carbonyl (C=O) groups excluding carboxylic acids is 2. The van der Waals surface area contributed by atoms with Crippen LogP contribution < -0.4 is 20.0 Å². The van der Waals surface area contributed by atoms with Crippen LogP contribution in [0.4, 0.5) is 28.1 Å². The summed E-state index contributed by atoms with van der Waals surface area (Å²) in [7, 11) is 1.94. The molecule has 1 amide bonds. The first-order valence-corrected chi connectivity index (χ1v) is 13.0. The Labute approximate surface area is 214 Å². The summed E-state index contributed by atoms with van der Waals surface area (Å²) >= 11 is 0. The molecule has 3 rings (SSSR count). The van der Waals surface area contributed by atoms with Crippen LogP contribution in [0.2, 0.25) is 0 Å². The Morgan fingerprint density at radius 1 is 1.17 bits per heavy atom. The molecule has 1 aromatic heterocycles. The molecule has 0 saturated carbocycles. The molecular weight excluding hydrogens is 464 g/mol. The quantitative estimate of drug-likeness (QED) is 0.372. The van der Waals surface area contributed by atoms with Crippen LogP contribution in [0.25, 0.3) is 0 Å². The lowest BCUT2D eigenvalue weighted by atomic mass is 10.1. The average molecular weight is 507 g/mol. The molecule has 1 saturated heterocycles. The molecule has 2 aliphatic rings. The van der Waals surface area contributed by atoms with Crippen molar-refractivity contribution in [3.8, 4) is 0 Å². The van der Waals surface area contributed by atoms with Crippen molar-refractivity contribution in [2.45, 2.75) is 78.4 Å². The first-order valence-electron chi connectivity index (χ1n) is 13.0. The third kappa shape index (κ3) is 7.35. The normalized spacial score (nSPS) is 16.1. The number of hydrogen-bond donors (Lipinski definition) is 1. The monoisotopic (exact) mass is 506 g/mol. The van der Waals surface area contributed by atoms with E-state index >= 15 is 0 Å². The van der Waals surface area contributed by atoms with Crippen LogP contribution >= 0.6 is 0 Å². The van der Waals surface area contributed by atoms with Gasteiger partial charge in [-0.15, -0.1) is 0 Å². The minimum absolute atomic E-state index is 0.0562. The zero-order valence-electron chi connectivity index (χ0n) is 22.6. The second-order valence-electron chi connectivity index (χ2n) is 10.3. The standard InChI is InChI=1S/C25H42N6O5/c1-7-9-10-13-31(24(33)36-25(3,4)5)23-27-21(26-18-11-14-34-15-12-18)20-22(28-23)30(17-29(20)6)16-19(32)35-8-2/h18H,7-17H2,1-6H3,(H,26,27,28). The maximum atomic E-state index is 13.3. The maximum Gasteiger partial charge on any atom is 0.417 e. The van der Waals surface area contributed by atoms with E-state index in [1.807, 2.05) is 37.6 Å². The molecule has 1 N–H and O–H groups in total. The summed E-state index contributed by atoms with van der Waals surface area (Å²) in [5.74, 6) is 1.16. The predicted octanol–water partition coefficient (Wildman–Crippen LogP) is 3.78. The largest absolute Gasteiger partial charge is 0.465 e. The highest BCUT2D eigenvalue weighted by Crippen LogP contribution is 2.41. The van der Waals surface area contributed by atoms with Crippen LogP contribution in [0.15, 0.2) is 0 Å². The van der Waals surface area contributed by atoms with Gasteiger partial charge >= 0.3 is 12.1 Å². The van der Waals surface area contributed by atoms with E-state index in [0.29, 0.717) is 44.7 Å². The van der Waals surface area contributed by atoms with Crippen LogP contribution in [-0.2, 0) is 19.0 Å². The van der Waals surface area contributed by atoms with Gasteiger partial charge in [0, 0.05) is 32.8 Å². The molecule has 0 spiro atoms. The number of nitrogens with one attached hydrogen (secondary N) is 1. The van der Waals surface area contributed by atoms with E-state index < -0.39 is 11.7 Å². The molecule has 0 aliphatic carbocycles. The smallest absolute Gasteiger partial charge is 0.417 e. The van der Waals surface area contributed by atoms with Crippen molar-refractivity contribution >= 4 is 35.3 Å². The number of amides is 1. The van der Waals surface area contributed by atoms with Gasteiger partial charge < -0.3 is 29.3 Å². The first-order chi connectivity index (χ1) is 17.1. The Balaban J connectivity index is 2.02. The summed E-state index contributed by atoms with van der Waals surface area (Å²) in [6.45, 7) is 12.0. The number of esters is 1. The Morgan fingerprint density at radius 2 is 1.89 bits per heavy atom. The van der Waals surface area contributed by atoms with Crippen LogP contribution in [0, 0.1) is 0 Å². The zero-order valence-corrected chi connectivity index (χ0v) is 22.6. The molecule has 2 aliphatic heterocycles. The van der Waals surface area contributed by atoms with Gasteiger partial charge in [-0.25, -0.2) is 9.69 Å². The molecule has 0 bridgehead atoms. The van der Waals surface area contributed by atoms with E-state index in [-0.39, 0.29) is 24.5 Å². The second kappa shape index (κ2) is 12.4. The number of anilines is 4. The third-order valence-electron chi connectivity index (χ3n) is 5.95. The fraction of sp³-hybridized carbons (Fsp3) is 0.760. The Kier molecular flexibility index (Phi) is 9.58. The molecule has 3 heterocycles. The van der Waals surface area contributed by atoms with Crippen LogP contribution in [-0.4, -0.2) is 80.3 Å². The van der Waals surface area contributed by atoms with E-state index in [1.165, 1.54) is 4.90 Å². The summed E-state index contributed by atoms with van der Waals surface area (Å²) in [6, 6.07) is 0.188. The number of ether oxygens (including phenoxy) is 3. The molecule has 1 aromatic rings. The Morgan fingerprint density at radius 3 is 2.53 bits per heavy atom. The summed E-state index contributed by atoms with van der Waals surface area (Å²) < 4.78 is 16.4. The van der Waals surface area contributed by atoms with Crippen molar-refractivity contribution in [3.05, 3.63) is 0 Å². The van der Waals surface area contributed by atoms with E-state index in [1.54, 1.807) is 6.92 Å². The lowest BCUT2D eigenvalue weighted by molar-refractivity contribution is -0.141. The van der Waals surface area contributed by atoms with Crippen molar-refractivity contribution in [3.63, 3.8) is 0 Å². The minimum atomic E-state index is -0.657. The van der Waals surface area contributed by atoms with Gasteiger partial charge in [-0.3, -0.25) is 4.79 Å². The number of nitrogens with zero attached hydrogens (tertiary/aromatic N) is 5. The Bertz CT molecular complexity index is 900. The predicted molar refractivity (Wildman–Crippen MR) is 140 cm³/mol. The van der Waals surface area contributed by atoms with Crippen LogP contribution in [0.5, 0.6) is 0 Å². The highest BCUT2D eigenvalue weighted by atomic mass is 16.6. The summed E-state index contributed by atoms with van der Waals surface area (Å²) in [5, 5.41) is 3.57. The van der Waals surface area contributed by atoms with Gasteiger partial charge in [-0.2, -0.15) is 9.97 Å². The molecule has 11 heteroatoms. The minimum Gasteiger partial charge on any atom is -0.465 e. The van der Waals surface area contributed by atoms with E-state index in [9.17, 15) is 9.59 Å². The van der Waals surface area contributed by atoms with Gasteiger partial charge in [-0.05, 0) is 47.0 Å². The van der Waals surface area contributed by atoms with Crippen molar-refractivity contribution < 1.29 is 23.8 Å². The molecule has 0 radical (unpaired) electrons. The van der Waals surface area contributed by atoms with Gasteiger partial charge in [0.25, 0.3) is 0 Å². The number of unbranched alkanes of at least 4 members (excludes halogenated alkanes) is 2. The molecule has 202 valence electrons. The molecule has 36 heavy (non-hydrogen) atoms. The molecule has 0 unspecified atom stereocenters. The maximum absolute atomic E-state index is 13.3. The molecule has 0 aromatic carbocycles. The highest BCUT2D eigenvalue weighted by molar-refractivity contribution is 5.90. The van der Waals surface area contributed by atoms with Gasteiger partial charge in [0.15, 0.2) is 11.6 Å². The molecule has 0 atom stereocenters. The molecule has 11 nitrogen and oxygen atoms in total. The van der Waals surface area contributed by atoms with Crippen molar-refractivity contribution in [2.24, 2.45) is 0 Å². The zero-order chi connectivity index (χ0) is 26.3. The number of rotatable bonds is 10. The summed E-state index contributed by atoms with van der Waals surface area (Å²) in [6.07, 6.45) is 4.01. The fourth-order valence-electron chi connectivity index (χ4n) is 4.25. The topological polar surface area (TPSA) is 109 Å². The lowest BCUT2D eigenvalue weighted by Gasteiger charge is -2.28. The Hall–Kier alpha value is -2.82. The van der Waals surface area contributed by atoms with Gasteiger partial charge in [-0.1, -0.05) is 19.8 Å². The third-order valence-corrected chi connectivity index (χ3v) is 5.95. The van der Waals surface area contributed by atoms with Crippen LogP contribution in [0.1, 0.15) is 66.7 Å². The van der Waals surface area contributed by atoms with Crippen molar-refractivity contribution in [1.82, 2.24) is 9.97 Å². The van der Waals surface area contributed by atoms with Crippen LogP contribution in [0.3, 0.4) is 0 Å². The molecular formula is C25H42N6O5. The summed E-state index contributed by atoms with van der Waals surface area (Å²) in [5.41, 5.74) is 0.142. The first kappa shape index (κ1) is 27.8. The van der Waals surface area contributed by atoms with Gasteiger partial charge in [0.2, 0.25) is 5.95 Å². The number of hydrogen-bond acceptors (Lipinski definition) is 10. The summed E-state index contributed by atoms with van der Waals surface area (Å²) in [4.78, 5) is 40.6. The van der Waals surface area contributed by atoms with Gasteiger partial charge in [0.05, 0.1) is 13.3 Å².